The van der Waals surface area contributed by atoms with Crippen LogP contribution in [0.25, 0.3) is 10.4 Å². The number of benzene rings is 2. The molecule has 2 aromatic carbocycles. The van der Waals surface area contributed by atoms with Crippen molar-refractivity contribution in [1.82, 2.24) is 10.6 Å². The van der Waals surface area contributed by atoms with E-state index in [0.29, 0.717) is 25.8 Å². The number of rotatable bonds is 15. The molecule has 12 nitrogen and oxygen atoms in total. The predicted octanol–water partition coefficient (Wildman–Crippen LogP) is 3.91. The second kappa shape index (κ2) is 14.4. The van der Waals surface area contributed by atoms with Gasteiger partial charge in [0, 0.05) is 35.9 Å². The average Bonchev–Trinajstić information content (AvgIpc) is 2.84. The van der Waals surface area contributed by atoms with Gasteiger partial charge in [-0.05, 0) is 55.1 Å². The van der Waals surface area contributed by atoms with Gasteiger partial charge in [0.1, 0.15) is 5.75 Å². The summed E-state index contributed by atoms with van der Waals surface area (Å²) < 4.78 is 12.5. The Hall–Kier alpha value is -3.40. The Bertz CT molecular complexity index is 1190. The van der Waals surface area contributed by atoms with Gasteiger partial charge in [0.2, 0.25) is 7.37 Å². The summed E-state index contributed by atoms with van der Waals surface area (Å²) in [7, 11) is -3.56. The summed E-state index contributed by atoms with van der Waals surface area (Å²) in [5.74, 6) is -1.83. The number of aliphatic hydroxyl groups is 1. The highest BCUT2D eigenvalue weighted by Gasteiger charge is 2.23. The number of phenolic OH excluding ortho intramolecular Hbond substituents is 1. The Labute approximate surface area is 214 Å². The van der Waals surface area contributed by atoms with Crippen molar-refractivity contribution in [3.63, 3.8) is 0 Å². The lowest BCUT2D eigenvalue weighted by atomic mass is 10.1. The zero-order chi connectivity index (χ0) is 27.4. The van der Waals surface area contributed by atoms with Gasteiger partial charge in [0.25, 0.3) is 5.91 Å². The van der Waals surface area contributed by atoms with Crippen molar-refractivity contribution in [2.45, 2.75) is 38.3 Å². The minimum Gasteiger partial charge on any atom is -0.507 e. The van der Waals surface area contributed by atoms with Crippen molar-refractivity contribution in [3.05, 3.63) is 69.6 Å². The van der Waals surface area contributed by atoms with Gasteiger partial charge in [-0.25, -0.2) is 4.79 Å². The van der Waals surface area contributed by atoms with E-state index in [1.54, 1.807) is 12.1 Å². The van der Waals surface area contributed by atoms with E-state index in [2.05, 4.69) is 20.7 Å². The Morgan fingerprint density at radius 3 is 2.59 bits per heavy atom. The predicted molar refractivity (Wildman–Crippen MR) is 138 cm³/mol. The Balaban J connectivity index is 1.67. The molecular weight excluding hydrogens is 501 g/mol. The number of carboxylic acid groups (broad SMARTS) is 1. The van der Waals surface area contributed by atoms with Crippen molar-refractivity contribution in [2.24, 2.45) is 5.11 Å². The molecule has 13 heteroatoms. The molecule has 0 fully saturated rings. The molecular formula is C24H32N5O7P. The molecule has 0 saturated heterocycles. The van der Waals surface area contributed by atoms with Gasteiger partial charge in [0.05, 0.1) is 23.4 Å². The second-order valence-corrected chi connectivity index (χ2v) is 11.2. The van der Waals surface area contributed by atoms with Gasteiger partial charge in [-0.2, -0.15) is 0 Å². The number of azide groups is 1. The zero-order valence-electron chi connectivity index (χ0n) is 20.4. The van der Waals surface area contributed by atoms with E-state index in [0.717, 1.165) is 5.56 Å². The summed E-state index contributed by atoms with van der Waals surface area (Å²) in [5.41, 5.74) is 9.52. The van der Waals surface area contributed by atoms with E-state index in [4.69, 9.17) is 10.6 Å². The molecule has 0 aromatic heterocycles. The van der Waals surface area contributed by atoms with Crippen LogP contribution in [0.4, 0.5) is 5.69 Å². The zero-order valence-corrected chi connectivity index (χ0v) is 21.3. The van der Waals surface area contributed by atoms with Gasteiger partial charge in [0.15, 0.2) is 0 Å². The fraction of sp³-hybridized carbons (Fsp3) is 0.417. The summed E-state index contributed by atoms with van der Waals surface area (Å²) in [4.78, 5) is 36.1. The highest BCUT2D eigenvalue weighted by molar-refractivity contribution is 7.58. The molecule has 0 bridgehead atoms. The van der Waals surface area contributed by atoms with Crippen molar-refractivity contribution < 1.29 is 34.4 Å². The number of hydrogen-bond donors (Lipinski definition) is 6. The van der Waals surface area contributed by atoms with Crippen LogP contribution in [-0.4, -0.2) is 63.6 Å². The third kappa shape index (κ3) is 10.2. The molecule has 0 aliphatic rings. The van der Waals surface area contributed by atoms with Gasteiger partial charge in [-0.15, -0.1) is 0 Å². The van der Waals surface area contributed by atoms with Crippen molar-refractivity contribution in [1.29, 1.82) is 0 Å². The second-order valence-electron chi connectivity index (χ2n) is 8.67. The largest absolute Gasteiger partial charge is 0.507 e. The van der Waals surface area contributed by atoms with Crippen LogP contribution in [0.1, 0.15) is 58.5 Å². The summed E-state index contributed by atoms with van der Waals surface area (Å²) in [6, 6.07) is 10.1. The quantitative estimate of drug-likeness (QED) is 0.0649. The number of carbonyl (C=O) groups excluding carboxylic acids is 1. The summed E-state index contributed by atoms with van der Waals surface area (Å²) in [6.07, 6.45) is 0.310. The smallest absolute Gasteiger partial charge is 0.335 e. The topological polar surface area (TPSA) is 205 Å². The summed E-state index contributed by atoms with van der Waals surface area (Å²) in [6.45, 7) is 2.19. The maximum Gasteiger partial charge on any atom is 0.335 e. The lowest BCUT2D eigenvalue weighted by Crippen LogP contribution is -2.31. The third-order valence-electron chi connectivity index (χ3n) is 5.65. The minimum atomic E-state index is -3.56. The normalized spacial score (nSPS) is 14.1. The van der Waals surface area contributed by atoms with E-state index in [-0.39, 0.29) is 47.5 Å². The van der Waals surface area contributed by atoms with Crippen molar-refractivity contribution >= 4 is 24.9 Å². The van der Waals surface area contributed by atoms with Crippen LogP contribution in [0, 0.1) is 0 Å². The van der Waals surface area contributed by atoms with Crippen LogP contribution in [0.2, 0.25) is 0 Å². The van der Waals surface area contributed by atoms with Crippen LogP contribution in [0.15, 0.2) is 47.6 Å². The molecule has 3 unspecified atom stereocenters. The number of aromatic hydroxyl groups is 1. The lowest BCUT2D eigenvalue weighted by Gasteiger charge is -2.20. The van der Waals surface area contributed by atoms with Crippen LogP contribution in [0.5, 0.6) is 5.75 Å². The van der Waals surface area contributed by atoms with Crippen LogP contribution >= 0.6 is 7.37 Å². The highest BCUT2D eigenvalue weighted by atomic mass is 31.2. The number of nitrogens with one attached hydrogen (secondary N) is 2. The maximum atomic E-state index is 12.5. The monoisotopic (exact) mass is 533 g/mol. The number of carboxylic acids is 1. The molecule has 2 rings (SSSR count). The molecule has 0 radical (unpaired) electrons. The number of unbranched alkanes of at least 4 members (excludes halogenated alkanes) is 2. The molecule has 0 spiro atoms. The third-order valence-corrected chi connectivity index (χ3v) is 7.65. The number of aliphatic hydroxyl groups excluding tert-OH is 1. The fourth-order valence-corrected chi connectivity index (χ4v) is 5.33. The van der Waals surface area contributed by atoms with Gasteiger partial charge < -0.3 is 30.8 Å². The highest BCUT2D eigenvalue weighted by Crippen LogP contribution is 2.42. The van der Waals surface area contributed by atoms with Gasteiger partial charge >= 0.3 is 5.97 Å². The molecule has 0 saturated carbocycles. The molecule has 0 aliphatic carbocycles. The standard InChI is InChI=1S/C24H32N5O7P/c1-16(17-6-5-7-18(12-17)24(33)34)27-14-20(30)15-37(35,36)11-4-2-3-10-26-23(32)21-9-8-19(28-29-25)13-22(21)31/h5-9,12-13,16,20,27,30-31H,2-4,10-11,14-15H2,1H3,(H,26,32)(H,33,34)(H,35,36). The van der Waals surface area contributed by atoms with E-state index >= 15 is 0 Å². The van der Waals surface area contributed by atoms with Crippen LogP contribution in [-0.2, 0) is 4.57 Å². The molecule has 37 heavy (non-hydrogen) atoms. The van der Waals surface area contributed by atoms with Crippen LogP contribution < -0.4 is 10.6 Å². The minimum absolute atomic E-state index is 0.0376. The number of phenols is 1. The van der Waals surface area contributed by atoms with E-state index < -0.39 is 25.3 Å². The van der Waals surface area contributed by atoms with Crippen LogP contribution in [0.3, 0.4) is 0 Å². The Morgan fingerprint density at radius 2 is 1.92 bits per heavy atom. The van der Waals surface area contributed by atoms with E-state index in [9.17, 15) is 29.3 Å². The molecule has 1 amide bonds. The molecule has 6 N–H and O–H groups in total. The number of aromatic carboxylic acids is 1. The molecule has 3 atom stereocenters. The van der Waals surface area contributed by atoms with E-state index in [1.807, 2.05) is 6.92 Å². The van der Waals surface area contributed by atoms with Gasteiger partial charge in [-0.3, -0.25) is 9.36 Å². The van der Waals surface area contributed by atoms with Crippen molar-refractivity contribution in [2.75, 3.05) is 25.4 Å². The molecule has 200 valence electrons. The fourth-order valence-electron chi connectivity index (χ4n) is 3.64. The first-order chi connectivity index (χ1) is 17.5. The molecule has 0 heterocycles. The molecule has 0 aliphatic heterocycles. The average molecular weight is 534 g/mol. The van der Waals surface area contributed by atoms with Crippen molar-refractivity contribution in [3.8, 4) is 5.75 Å². The SMILES string of the molecule is CC(NCC(O)CP(=O)(O)CCCCCNC(=O)c1ccc(N=[N+]=[N-])cc1O)c1cccc(C(=O)O)c1. The molecule has 2 aromatic rings. The first-order valence-electron chi connectivity index (χ1n) is 11.7. The Morgan fingerprint density at radius 1 is 1.16 bits per heavy atom. The number of nitrogens with zero attached hydrogens (tertiary/aromatic N) is 3. The van der Waals surface area contributed by atoms with E-state index in [1.165, 1.54) is 30.3 Å². The summed E-state index contributed by atoms with van der Waals surface area (Å²) in [5, 5.41) is 38.3. The number of carbonyl (C=O) groups is 2. The Kier molecular flexibility index (Phi) is 11.6. The number of hydrogen-bond acceptors (Lipinski definition) is 7. The summed E-state index contributed by atoms with van der Waals surface area (Å²) >= 11 is 0. The number of amides is 1. The lowest BCUT2D eigenvalue weighted by molar-refractivity contribution is 0.0696. The first-order valence-corrected chi connectivity index (χ1v) is 13.8. The van der Waals surface area contributed by atoms with Gasteiger partial charge in [-0.1, -0.05) is 29.7 Å². The maximum absolute atomic E-state index is 12.5. The first kappa shape index (κ1) is 29.8.